The topological polar surface area (TPSA) is 277 Å². The fourth-order valence-corrected chi connectivity index (χ4v) is 11.9. The van der Waals surface area contributed by atoms with Gasteiger partial charge in [0.25, 0.3) is 0 Å². The van der Waals surface area contributed by atoms with Gasteiger partial charge in [0.05, 0.1) is 317 Å². The van der Waals surface area contributed by atoms with E-state index < -0.39 is 5.41 Å². The number of hydrogen-bond acceptors (Lipinski definition) is 30. The third kappa shape index (κ3) is 51.4. The molecule has 0 aromatic heterocycles. The van der Waals surface area contributed by atoms with Gasteiger partial charge in [-0.2, -0.15) is 0 Å². The van der Waals surface area contributed by atoms with Gasteiger partial charge in [0.1, 0.15) is 49.4 Å². The van der Waals surface area contributed by atoms with E-state index in [9.17, 15) is 0 Å². The van der Waals surface area contributed by atoms with Gasteiger partial charge in [-0.05, 0) is 94.8 Å². The van der Waals surface area contributed by atoms with Crippen molar-refractivity contribution < 1.29 is 142 Å². The first kappa shape index (κ1) is 102. The molecule has 0 unspecified atom stereocenters. The molecule has 0 fully saturated rings. The fourth-order valence-electron chi connectivity index (χ4n) is 11.2. The summed E-state index contributed by atoms with van der Waals surface area (Å²) in [5.74, 6) is 2.57. The number of ether oxygens (including phenoxy) is 30. The Morgan fingerprint density at radius 2 is 0.348 bits per heavy atom. The van der Waals surface area contributed by atoms with Crippen molar-refractivity contribution in [3.05, 3.63) is 104 Å². The molecule has 1 aliphatic carbocycles. The molecule has 0 radical (unpaired) electrons. The third-order valence-electron chi connectivity index (χ3n) is 16.6. The van der Waals surface area contributed by atoms with E-state index in [0.717, 1.165) is 42.3 Å². The van der Waals surface area contributed by atoms with Crippen LogP contribution in [0.4, 0.5) is 0 Å². The van der Waals surface area contributed by atoms with Crippen LogP contribution < -0.4 is 18.9 Å². The maximum atomic E-state index is 6.48. The van der Waals surface area contributed by atoms with Gasteiger partial charge in [0, 0.05) is 54.9 Å². The number of benzene rings is 4. The highest BCUT2D eigenvalue weighted by atomic mass is 79.9. The molecule has 658 valence electrons. The molecule has 5 rings (SSSR count). The number of rotatable bonds is 86. The van der Waals surface area contributed by atoms with Crippen molar-refractivity contribution in [1.29, 1.82) is 0 Å². The Hall–Kier alpha value is -4.00. The van der Waals surface area contributed by atoms with Crippen molar-refractivity contribution in [2.24, 2.45) is 0 Å². The zero-order valence-corrected chi connectivity index (χ0v) is 71.8. The predicted octanol–water partition coefficient (Wildman–Crippen LogP) is 8.43. The third-order valence-corrected chi connectivity index (χ3v) is 17.6. The molecule has 0 N–H and O–H groups in total. The first-order valence-corrected chi connectivity index (χ1v) is 41.5. The molecule has 1 aliphatic rings. The second kappa shape index (κ2) is 72.8. The second-order valence-corrected chi connectivity index (χ2v) is 27.1. The van der Waals surface area contributed by atoms with E-state index in [2.05, 4.69) is 92.5 Å². The smallest absolute Gasteiger partial charge is 0.123 e. The summed E-state index contributed by atoms with van der Waals surface area (Å²) in [6, 6.07) is 25.3. The van der Waals surface area contributed by atoms with Crippen molar-refractivity contribution >= 4 is 31.9 Å². The predicted molar refractivity (Wildman–Crippen MR) is 436 cm³/mol. The number of halogens is 2. The Morgan fingerprint density at radius 3 is 0.513 bits per heavy atom. The lowest BCUT2D eigenvalue weighted by atomic mass is 9.69. The van der Waals surface area contributed by atoms with Gasteiger partial charge in [-0.25, -0.2) is 0 Å². The summed E-state index contributed by atoms with van der Waals surface area (Å²) in [4.78, 5) is 0. The first-order valence-electron chi connectivity index (χ1n) is 39.9. The molecular formula is C83H132Br2O30. The minimum absolute atomic E-state index is 0.292. The van der Waals surface area contributed by atoms with Crippen LogP contribution in [0.2, 0.25) is 0 Å². The molecule has 4 aromatic rings. The number of methoxy groups -OCH3 is 4. The maximum absolute atomic E-state index is 6.48. The van der Waals surface area contributed by atoms with Crippen molar-refractivity contribution in [2.75, 3.05) is 372 Å². The van der Waals surface area contributed by atoms with E-state index in [-0.39, 0.29) is 0 Å². The van der Waals surface area contributed by atoms with Crippen molar-refractivity contribution in [3.63, 3.8) is 0 Å². The Kier molecular flexibility index (Phi) is 64.3. The van der Waals surface area contributed by atoms with Crippen LogP contribution in [-0.4, -0.2) is 372 Å². The largest absolute Gasteiger partial charge is 0.491 e. The highest BCUT2D eigenvalue weighted by Crippen LogP contribution is 2.54. The highest BCUT2D eigenvalue weighted by molar-refractivity contribution is 9.10. The molecule has 0 spiro atoms. The van der Waals surface area contributed by atoms with Crippen LogP contribution in [0.25, 0.3) is 11.1 Å². The van der Waals surface area contributed by atoms with Crippen LogP contribution in [0, 0.1) is 0 Å². The summed E-state index contributed by atoms with van der Waals surface area (Å²) >= 11 is 7.74. The standard InChI is InChI=1S/C83H132Br2O30/c1-86-9-13-90-17-19-94-21-23-96-25-27-98-29-31-100-33-35-102-37-39-104-41-43-106-45-47-108-49-51-110-55-59-114-77-63-71(61-75(67-77)112-57-53-92-15-11-88-3)69-83(81-65-73(84)5-7-79(81)80-8-6-74(85)66-82(80)83)70-72-62-76(113-58-54-93-16-12-89-4)68-78(64-72)115-60-56-111-52-50-109-48-46-107-44-42-105-40-38-103-36-34-101-32-30-99-28-26-97-24-22-95-20-18-91-14-10-87-2/h5-8,61-68H,9-60,69-70H2,1-4H3. The van der Waals surface area contributed by atoms with Gasteiger partial charge < -0.3 is 142 Å². The molecule has 0 saturated heterocycles. The first-order chi connectivity index (χ1) is 56.9. The van der Waals surface area contributed by atoms with E-state index in [4.69, 9.17) is 142 Å². The molecule has 30 nitrogen and oxygen atoms in total. The molecule has 0 saturated carbocycles. The van der Waals surface area contributed by atoms with Crippen molar-refractivity contribution in [2.45, 2.75) is 18.3 Å². The summed E-state index contributed by atoms with van der Waals surface area (Å²) in [7, 11) is 6.59. The highest BCUT2D eigenvalue weighted by Gasteiger charge is 2.44. The van der Waals surface area contributed by atoms with Gasteiger partial charge in [-0.3, -0.25) is 0 Å². The molecule has 4 aromatic carbocycles. The van der Waals surface area contributed by atoms with Crippen LogP contribution in [0.5, 0.6) is 23.0 Å². The maximum Gasteiger partial charge on any atom is 0.123 e. The van der Waals surface area contributed by atoms with Gasteiger partial charge >= 0.3 is 0 Å². The molecule has 0 amide bonds. The van der Waals surface area contributed by atoms with Crippen molar-refractivity contribution in [3.8, 4) is 34.1 Å². The average Bonchev–Trinajstić information content (AvgIpc) is 1.56. The Balaban J connectivity index is 1.02. The summed E-state index contributed by atoms with van der Waals surface area (Å²) in [5.41, 5.74) is 5.97. The molecule has 0 heterocycles. The van der Waals surface area contributed by atoms with Crippen molar-refractivity contribution in [1.82, 2.24) is 0 Å². The summed E-state index contributed by atoms with van der Waals surface area (Å²) in [6.45, 7) is 23.7. The molecule has 0 atom stereocenters. The quantitative estimate of drug-likeness (QED) is 0.0375. The molecule has 0 aliphatic heterocycles. The number of hydrogen-bond donors (Lipinski definition) is 0. The van der Waals surface area contributed by atoms with Gasteiger partial charge in [-0.15, -0.1) is 0 Å². The lowest BCUT2D eigenvalue weighted by Gasteiger charge is -2.33. The second-order valence-electron chi connectivity index (χ2n) is 25.3. The summed E-state index contributed by atoms with van der Waals surface area (Å²) in [6.07, 6.45) is 1.11. The zero-order valence-electron chi connectivity index (χ0n) is 68.6. The lowest BCUT2D eigenvalue weighted by molar-refractivity contribution is -0.0273. The van der Waals surface area contributed by atoms with E-state index >= 15 is 0 Å². The van der Waals surface area contributed by atoms with Crippen LogP contribution >= 0.6 is 31.9 Å². The molecular weight excluding hydrogens is 1640 g/mol. The van der Waals surface area contributed by atoms with E-state index in [1.807, 2.05) is 12.1 Å². The average molecular weight is 1770 g/mol. The van der Waals surface area contributed by atoms with E-state index in [0.29, 0.717) is 379 Å². The van der Waals surface area contributed by atoms with Crippen LogP contribution in [0.15, 0.2) is 81.7 Å². The zero-order chi connectivity index (χ0) is 81.3. The minimum Gasteiger partial charge on any atom is -0.491 e. The summed E-state index contributed by atoms with van der Waals surface area (Å²) in [5, 5.41) is 0. The van der Waals surface area contributed by atoms with E-state index in [1.165, 1.54) is 0 Å². The fraction of sp³-hybridized carbons (Fsp3) is 0.711. The molecule has 0 bridgehead atoms. The van der Waals surface area contributed by atoms with Crippen LogP contribution in [0.3, 0.4) is 0 Å². The normalized spacial score (nSPS) is 12.3. The van der Waals surface area contributed by atoms with Crippen LogP contribution in [-0.2, 0) is 141 Å². The van der Waals surface area contributed by atoms with Gasteiger partial charge in [0.15, 0.2) is 0 Å². The van der Waals surface area contributed by atoms with Gasteiger partial charge in [0.2, 0.25) is 0 Å². The Bertz CT molecular complexity index is 2700. The van der Waals surface area contributed by atoms with E-state index in [1.54, 1.807) is 28.4 Å². The molecule has 32 heteroatoms. The minimum atomic E-state index is -0.637. The van der Waals surface area contributed by atoms with Crippen LogP contribution in [0.1, 0.15) is 22.3 Å². The SMILES string of the molecule is COCCOCCOCCOCCOCCOCCOCCOCCOCCOCCOCCOc1cc(CC2(Cc3cc(OCCOCCOC)cc(OCCOCCOCCOCCOCCOCCOCCOCCOCCOCCOCCOC)c3)c3cc(Br)ccc3-c3ccc(Br)cc32)cc(OCCOCCOC)c1. The number of fused-ring (bicyclic) bond motifs is 3. The monoisotopic (exact) mass is 1770 g/mol. The Labute approximate surface area is 698 Å². The van der Waals surface area contributed by atoms with Gasteiger partial charge in [-0.1, -0.05) is 44.0 Å². The molecule has 115 heavy (non-hydrogen) atoms. The lowest BCUT2D eigenvalue weighted by Crippen LogP contribution is -2.31. The Morgan fingerprint density at radius 1 is 0.191 bits per heavy atom. The summed E-state index contributed by atoms with van der Waals surface area (Å²) < 4.78 is 172.